The number of carbonyl (C=O) groups is 2. The number of H-pyrrole nitrogens is 1. The normalized spacial score (nSPS) is 15.6. The van der Waals surface area contributed by atoms with Gasteiger partial charge in [0.15, 0.2) is 0 Å². The Hall–Kier alpha value is -4.64. The number of hydrogen-bond acceptors (Lipinski definition) is 5. The summed E-state index contributed by atoms with van der Waals surface area (Å²) in [7, 11) is -0.687. The standard InChI is InChI=1S/C32H31FN4O5S/c1-34-31(38)29-24-16-23(21-8-6-14-37(18-21)32(39)26-15-20-7-4-5-9-25(20)35-26)27(36(2)43(3,40)41)17-28(24)42-30(29)19-10-12-22(33)13-11-19/h4-5,7,9-13,15-17,21,35H,6,8,14,18H2,1-3H3,(H,34,38)/t21-/m1/s1. The summed E-state index contributed by atoms with van der Waals surface area (Å²) in [4.78, 5) is 31.8. The van der Waals surface area contributed by atoms with Gasteiger partial charge in [0.2, 0.25) is 10.0 Å². The second-order valence-electron chi connectivity index (χ2n) is 10.9. The number of nitrogens with zero attached hydrogens (tertiary/aromatic N) is 2. The number of halogens is 1. The van der Waals surface area contributed by atoms with E-state index >= 15 is 0 Å². The molecule has 0 spiro atoms. The molecule has 3 heterocycles. The smallest absolute Gasteiger partial charge is 0.270 e. The molecule has 1 saturated heterocycles. The number of sulfonamides is 1. The monoisotopic (exact) mass is 602 g/mol. The number of para-hydroxylation sites is 1. The van der Waals surface area contributed by atoms with Gasteiger partial charge in [-0.3, -0.25) is 13.9 Å². The number of likely N-dealkylation sites (tertiary alicyclic amines) is 1. The Kier molecular flexibility index (Phi) is 7.21. The molecule has 1 atom stereocenters. The summed E-state index contributed by atoms with van der Waals surface area (Å²) in [6, 6.07) is 18.6. The maximum absolute atomic E-state index is 13.7. The number of amides is 2. The fourth-order valence-corrected chi connectivity index (χ4v) is 6.37. The van der Waals surface area contributed by atoms with Crippen molar-refractivity contribution in [3.8, 4) is 11.3 Å². The maximum Gasteiger partial charge on any atom is 0.270 e. The zero-order valence-electron chi connectivity index (χ0n) is 24.0. The third kappa shape index (κ3) is 5.25. The lowest BCUT2D eigenvalue weighted by Crippen LogP contribution is -2.39. The van der Waals surface area contributed by atoms with E-state index in [9.17, 15) is 22.4 Å². The molecule has 6 rings (SSSR count). The molecule has 3 aromatic carbocycles. The highest BCUT2D eigenvalue weighted by Gasteiger charge is 2.32. The van der Waals surface area contributed by atoms with Gasteiger partial charge in [0.25, 0.3) is 11.8 Å². The van der Waals surface area contributed by atoms with E-state index in [1.54, 1.807) is 17.0 Å². The van der Waals surface area contributed by atoms with Gasteiger partial charge in [0.1, 0.15) is 22.9 Å². The van der Waals surface area contributed by atoms with Crippen molar-refractivity contribution in [3.63, 3.8) is 0 Å². The van der Waals surface area contributed by atoms with Gasteiger partial charge >= 0.3 is 0 Å². The molecule has 2 N–H and O–H groups in total. The summed E-state index contributed by atoms with van der Waals surface area (Å²) >= 11 is 0. The number of hydrogen-bond donors (Lipinski definition) is 2. The van der Waals surface area contributed by atoms with Crippen LogP contribution in [0.25, 0.3) is 33.2 Å². The first kappa shape index (κ1) is 28.5. The Morgan fingerprint density at radius 1 is 1.09 bits per heavy atom. The zero-order chi connectivity index (χ0) is 30.5. The van der Waals surface area contributed by atoms with Crippen LogP contribution in [0, 0.1) is 5.82 Å². The molecule has 0 radical (unpaired) electrons. The van der Waals surface area contributed by atoms with Gasteiger partial charge in [-0.25, -0.2) is 12.8 Å². The Balaban J connectivity index is 1.46. The number of fused-ring (bicyclic) bond motifs is 2. The topological polar surface area (TPSA) is 116 Å². The van der Waals surface area contributed by atoms with Crippen LogP contribution in [0.2, 0.25) is 0 Å². The average molecular weight is 603 g/mol. The SMILES string of the molecule is CNC(=O)c1c(-c2ccc(F)cc2)oc2cc(N(C)S(C)(=O)=O)c([C@@H]3CCCN(C(=O)c4cc5ccccc5[nH]4)C3)cc12. The van der Waals surface area contributed by atoms with Crippen LogP contribution in [-0.4, -0.2) is 63.6 Å². The van der Waals surface area contributed by atoms with E-state index in [-0.39, 0.29) is 23.1 Å². The maximum atomic E-state index is 13.7. The molecule has 5 aromatic rings. The lowest BCUT2D eigenvalue weighted by Gasteiger charge is -2.34. The molecule has 2 aromatic heterocycles. The molecule has 2 amide bonds. The third-order valence-corrected chi connectivity index (χ3v) is 9.33. The second kappa shape index (κ2) is 10.9. The first-order valence-electron chi connectivity index (χ1n) is 13.9. The van der Waals surface area contributed by atoms with Gasteiger partial charge < -0.3 is 19.6 Å². The van der Waals surface area contributed by atoms with Crippen molar-refractivity contribution in [2.24, 2.45) is 0 Å². The molecule has 0 saturated carbocycles. The minimum Gasteiger partial charge on any atom is -0.455 e. The van der Waals surface area contributed by atoms with Crippen LogP contribution in [0.4, 0.5) is 10.1 Å². The number of nitrogens with one attached hydrogen (secondary N) is 2. The summed E-state index contributed by atoms with van der Waals surface area (Å²) in [6.45, 7) is 0.927. The van der Waals surface area contributed by atoms with Crippen molar-refractivity contribution >= 4 is 49.4 Å². The summed E-state index contributed by atoms with van der Waals surface area (Å²) in [5.41, 5.74) is 3.54. The fourth-order valence-electron chi connectivity index (χ4n) is 5.86. The number of aromatic amines is 1. The Bertz CT molecular complexity index is 1950. The highest BCUT2D eigenvalue weighted by Crippen LogP contribution is 2.42. The molecule has 9 nitrogen and oxygen atoms in total. The molecule has 0 bridgehead atoms. The molecule has 1 fully saturated rings. The molecule has 0 unspecified atom stereocenters. The van der Waals surface area contributed by atoms with Gasteiger partial charge in [-0.2, -0.15) is 0 Å². The average Bonchev–Trinajstić information content (AvgIpc) is 3.61. The summed E-state index contributed by atoms with van der Waals surface area (Å²) in [6.07, 6.45) is 2.55. The van der Waals surface area contributed by atoms with Crippen LogP contribution in [0.15, 0.2) is 71.1 Å². The minimum absolute atomic E-state index is 0.132. The van der Waals surface area contributed by atoms with Crippen LogP contribution in [-0.2, 0) is 10.0 Å². The molecule has 11 heteroatoms. The predicted molar refractivity (Wildman–Crippen MR) is 164 cm³/mol. The largest absolute Gasteiger partial charge is 0.455 e. The van der Waals surface area contributed by atoms with E-state index in [2.05, 4.69) is 10.3 Å². The quantitative estimate of drug-likeness (QED) is 0.267. The number of carbonyl (C=O) groups excluding carboxylic acids is 2. The first-order chi connectivity index (χ1) is 20.5. The van der Waals surface area contributed by atoms with Gasteiger partial charge in [-0.05, 0) is 60.9 Å². The highest BCUT2D eigenvalue weighted by atomic mass is 32.2. The Labute approximate surface area is 248 Å². The second-order valence-corrected chi connectivity index (χ2v) is 12.9. The highest BCUT2D eigenvalue weighted by molar-refractivity contribution is 7.92. The number of piperidine rings is 1. The minimum atomic E-state index is -3.67. The van der Waals surface area contributed by atoms with E-state index in [1.165, 1.54) is 42.7 Å². The number of furan rings is 1. The van der Waals surface area contributed by atoms with E-state index in [1.807, 2.05) is 30.3 Å². The van der Waals surface area contributed by atoms with Crippen molar-refractivity contribution in [3.05, 3.63) is 89.4 Å². The van der Waals surface area contributed by atoms with E-state index < -0.39 is 21.7 Å². The molecule has 43 heavy (non-hydrogen) atoms. The molecule has 222 valence electrons. The number of aromatic nitrogens is 1. The van der Waals surface area contributed by atoms with Gasteiger partial charge in [-0.1, -0.05) is 18.2 Å². The van der Waals surface area contributed by atoms with Crippen LogP contribution in [0.5, 0.6) is 0 Å². The van der Waals surface area contributed by atoms with Crippen molar-refractivity contribution in [1.82, 2.24) is 15.2 Å². The van der Waals surface area contributed by atoms with E-state index in [4.69, 9.17) is 4.42 Å². The van der Waals surface area contributed by atoms with Crippen LogP contribution in [0.1, 0.15) is 45.2 Å². The molecular formula is C32H31FN4O5S. The van der Waals surface area contributed by atoms with Gasteiger partial charge in [-0.15, -0.1) is 0 Å². The summed E-state index contributed by atoms with van der Waals surface area (Å²) in [5.74, 6) is -0.920. The van der Waals surface area contributed by atoms with E-state index in [0.717, 1.165) is 17.2 Å². The third-order valence-electron chi connectivity index (χ3n) is 8.14. The summed E-state index contributed by atoms with van der Waals surface area (Å²) < 4.78 is 46.6. The molecule has 0 aliphatic carbocycles. The van der Waals surface area contributed by atoms with Gasteiger partial charge in [0.05, 0.1) is 17.5 Å². The van der Waals surface area contributed by atoms with Crippen molar-refractivity contribution in [1.29, 1.82) is 0 Å². The van der Waals surface area contributed by atoms with Crippen molar-refractivity contribution in [2.75, 3.05) is 37.7 Å². The number of benzene rings is 3. The predicted octanol–water partition coefficient (Wildman–Crippen LogP) is 5.50. The Morgan fingerprint density at radius 2 is 1.84 bits per heavy atom. The first-order valence-corrected chi connectivity index (χ1v) is 15.8. The Morgan fingerprint density at radius 3 is 2.53 bits per heavy atom. The molecule has 1 aliphatic rings. The van der Waals surface area contributed by atoms with Crippen molar-refractivity contribution in [2.45, 2.75) is 18.8 Å². The van der Waals surface area contributed by atoms with Gasteiger partial charge in [0, 0.05) is 61.0 Å². The zero-order valence-corrected chi connectivity index (χ0v) is 24.8. The fraction of sp³-hybridized carbons (Fsp3) is 0.250. The van der Waals surface area contributed by atoms with E-state index in [0.29, 0.717) is 59.4 Å². The lowest BCUT2D eigenvalue weighted by molar-refractivity contribution is 0.0702. The summed E-state index contributed by atoms with van der Waals surface area (Å²) in [5, 5.41) is 4.10. The van der Waals surface area contributed by atoms with Crippen LogP contribution >= 0.6 is 0 Å². The molecular weight excluding hydrogens is 571 g/mol. The number of rotatable bonds is 6. The lowest BCUT2D eigenvalue weighted by atomic mass is 9.88. The molecule has 1 aliphatic heterocycles. The number of anilines is 1. The van der Waals surface area contributed by atoms with Crippen LogP contribution < -0.4 is 9.62 Å². The van der Waals surface area contributed by atoms with Crippen molar-refractivity contribution < 1.29 is 26.8 Å². The van der Waals surface area contributed by atoms with Crippen LogP contribution in [0.3, 0.4) is 0 Å².